The molecule has 3 atom stereocenters. The molecule has 10 heteroatoms. The lowest BCUT2D eigenvalue weighted by Gasteiger charge is -2.21. The van der Waals surface area contributed by atoms with E-state index in [1.54, 1.807) is 0 Å². The van der Waals surface area contributed by atoms with Crippen molar-refractivity contribution in [2.75, 3.05) is 11.9 Å². The molecule has 1 fully saturated rings. The molecule has 27 heavy (non-hydrogen) atoms. The highest BCUT2D eigenvalue weighted by molar-refractivity contribution is 5.91. The van der Waals surface area contributed by atoms with Gasteiger partial charge in [0, 0.05) is 12.1 Å². The first kappa shape index (κ1) is 21.4. The molecule has 1 aromatic rings. The Balaban J connectivity index is 2.18. The summed E-state index contributed by atoms with van der Waals surface area (Å²) in [6.45, 7) is 3.11. The summed E-state index contributed by atoms with van der Waals surface area (Å²) >= 11 is 0. The maximum absolute atomic E-state index is 14.1. The van der Waals surface area contributed by atoms with Gasteiger partial charge in [0.1, 0.15) is 11.9 Å². The number of aliphatic hydroxyl groups excluding tert-OH is 2. The van der Waals surface area contributed by atoms with Crippen LogP contribution in [0, 0.1) is 5.92 Å². The predicted molar refractivity (Wildman–Crippen MR) is 92.4 cm³/mol. The molecule has 1 amide bonds. The molecule has 0 radical (unpaired) electrons. The van der Waals surface area contributed by atoms with Crippen molar-refractivity contribution in [1.82, 2.24) is 9.55 Å². The topological polar surface area (TPSA) is 114 Å². The number of nitrogens with zero attached hydrogens (tertiary/aromatic N) is 2. The quantitative estimate of drug-likeness (QED) is 0.617. The van der Waals surface area contributed by atoms with Crippen molar-refractivity contribution in [3.63, 3.8) is 0 Å². The fourth-order valence-corrected chi connectivity index (χ4v) is 3.11. The van der Waals surface area contributed by atoms with Gasteiger partial charge in [-0.2, -0.15) is 13.8 Å². The minimum Gasteiger partial charge on any atom is -0.394 e. The van der Waals surface area contributed by atoms with Crippen LogP contribution in [0.15, 0.2) is 17.1 Å². The lowest BCUT2D eigenvalue weighted by molar-refractivity contribution is -0.141. The highest BCUT2D eigenvalue weighted by atomic mass is 19.3. The lowest BCUT2D eigenvalue weighted by Crippen LogP contribution is -2.41. The second-order valence-electron chi connectivity index (χ2n) is 6.59. The molecule has 0 bridgehead atoms. The fourth-order valence-electron chi connectivity index (χ4n) is 3.11. The van der Waals surface area contributed by atoms with Gasteiger partial charge in [0.15, 0.2) is 6.10 Å². The molecule has 0 aliphatic carbocycles. The van der Waals surface area contributed by atoms with Gasteiger partial charge >= 0.3 is 11.6 Å². The van der Waals surface area contributed by atoms with Gasteiger partial charge in [-0.25, -0.2) is 4.79 Å². The van der Waals surface area contributed by atoms with Gasteiger partial charge in [0.2, 0.25) is 12.1 Å². The van der Waals surface area contributed by atoms with E-state index in [1.165, 1.54) is 6.07 Å². The number of nitrogens with one attached hydrogen (secondary N) is 1. The number of ether oxygens (including phenoxy) is 1. The number of aromatic nitrogens is 2. The van der Waals surface area contributed by atoms with Crippen LogP contribution in [-0.4, -0.2) is 50.4 Å². The zero-order valence-electron chi connectivity index (χ0n) is 15.3. The van der Waals surface area contributed by atoms with Crippen LogP contribution in [0.2, 0.25) is 0 Å². The smallest absolute Gasteiger partial charge is 0.351 e. The van der Waals surface area contributed by atoms with Crippen LogP contribution >= 0.6 is 0 Å². The highest BCUT2D eigenvalue weighted by Gasteiger charge is 2.59. The Labute approximate surface area is 155 Å². The Morgan fingerprint density at radius 1 is 1.41 bits per heavy atom. The molecule has 2 rings (SSSR count). The van der Waals surface area contributed by atoms with E-state index >= 15 is 0 Å². The molecule has 0 saturated carbocycles. The lowest BCUT2D eigenvalue weighted by atomic mass is 9.97. The molecule has 2 unspecified atom stereocenters. The largest absolute Gasteiger partial charge is 0.394 e. The van der Waals surface area contributed by atoms with Crippen molar-refractivity contribution >= 4 is 11.7 Å². The number of hydrogen-bond donors (Lipinski definition) is 3. The van der Waals surface area contributed by atoms with Gasteiger partial charge in [-0.05, 0) is 18.9 Å². The third kappa shape index (κ3) is 4.50. The predicted octanol–water partition coefficient (Wildman–Crippen LogP) is 1.28. The standard InChI is InChI=1S/C17H25F2N3O5/c1-3-5-10(6-4-2)14(25)20-12-7-8-22(16(26)21-12)15-17(18,19)13(24)11(9-23)27-15/h7-8,10-11,13,15,23-24H,3-6,9H2,1-2H3,(H,20,21,25,26)/t11?,13-,15?/m1/s1. The van der Waals surface area contributed by atoms with Crippen molar-refractivity contribution in [3.05, 3.63) is 22.7 Å². The Kier molecular flexibility index (Phi) is 7.01. The van der Waals surface area contributed by atoms with E-state index in [2.05, 4.69) is 10.3 Å². The Hall–Kier alpha value is -1.91. The van der Waals surface area contributed by atoms with Gasteiger partial charge in [-0.15, -0.1) is 0 Å². The summed E-state index contributed by atoms with van der Waals surface area (Å²) in [5.74, 6) is -4.32. The number of anilines is 1. The van der Waals surface area contributed by atoms with Crippen LogP contribution in [0.4, 0.5) is 14.6 Å². The molecule has 3 N–H and O–H groups in total. The monoisotopic (exact) mass is 389 g/mol. The van der Waals surface area contributed by atoms with E-state index in [1.807, 2.05) is 13.8 Å². The van der Waals surface area contributed by atoms with E-state index < -0.39 is 36.7 Å². The highest BCUT2D eigenvalue weighted by Crippen LogP contribution is 2.41. The second kappa shape index (κ2) is 8.85. The maximum atomic E-state index is 14.1. The zero-order chi connectivity index (χ0) is 20.2. The van der Waals surface area contributed by atoms with Crippen molar-refractivity contribution in [2.24, 2.45) is 5.92 Å². The summed E-state index contributed by atoms with van der Waals surface area (Å²) in [5, 5.41) is 21.1. The third-order valence-electron chi connectivity index (χ3n) is 4.54. The van der Waals surface area contributed by atoms with Crippen LogP contribution in [-0.2, 0) is 9.53 Å². The minimum absolute atomic E-state index is 0.0426. The third-order valence-corrected chi connectivity index (χ3v) is 4.54. The molecule has 1 saturated heterocycles. The first-order valence-electron chi connectivity index (χ1n) is 8.98. The Bertz CT molecular complexity index is 706. The number of carbonyl (C=O) groups excluding carboxylic acids is 1. The normalized spacial score (nSPS) is 24.3. The molecule has 1 aliphatic rings. The fraction of sp³-hybridized carbons (Fsp3) is 0.706. The number of aliphatic hydroxyl groups is 2. The van der Waals surface area contributed by atoms with E-state index in [-0.39, 0.29) is 17.6 Å². The molecule has 152 valence electrons. The summed E-state index contributed by atoms with van der Waals surface area (Å²) in [5.41, 5.74) is -1.06. The van der Waals surface area contributed by atoms with Crippen molar-refractivity contribution in [3.8, 4) is 0 Å². The Morgan fingerprint density at radius 2 is 2.04 bits per heavy atom. The van der Waals surface area contributed by atoms with E-state index in [0.717, 1.165) is 19.0 Å². The molecule has 1 aromatic heterocycles. The van der Waals surface area contributed by atoms with Crippen molar-refractivity contribution in [1.29, 1.82) is 0 Å². The van der Waals surface area contributed by atoms with Gasteiger partial charge in [-0.3, -0.25) is 9.36 Å². The van der Waals surface area contributed by atoms with Crippen LogP contribution in [0.3, 0.4) is 0 Å². The van der Waals surface area contributed by atoms with Gasteiger partial charge in [-0.1, -0.05) is 26.7 Å². The molecule has 0 aromatic carbocycles. The Morgan fingerprint density at radius 3 is 2.52 bits per heavy atom. The van der Waals surface area contributed by atoms with Gasteiger partial charge < -0.3 is 20.3 Å². The SMILES string of the molecule is CCCC(CCC)C(=O)Nc1ccn(C2OC(CO)[C@@H](O)C2(F)F)c(=O)n1. The number of amides is 1. The van der Waals surface area contributed by atoms with Crippen LogP contribution < -0.4 is 11.0 Å². The molecular formula is C17H25F2N3O5. The summed E-state index contributed by atoms with van der Waals surface area (Å²) < 4.78 is 33.7. The van der Waals surface area contributed by atoms with Crippen molar-refractivity contribution in [2.45, 2.75) is 63.9 Å². The maximum Gasteiger partial charge on any atom is 0.351 e. The molecule has 8 nitrogen and oxygen atoms in total. The number of halogens is 2. The number of alkyl halides is 2. The first-order valence-corrected chi connectivity index (χ1v) is 8.98. The minimum atomic E-state index is -3.78. The summed E-state index contributed by atoms with van der Waals surface area (Å²) in [7, 11) is 0. The van der Waals surface area contributed by atoms with E-state index in [0.29, 0.717) is 17.4 Å². The van der Waals surface area contributed by atoms with Crippen LogP contribution in [0.5, 0.6) is 0 Å². The summed E-state index contributed by atoms with van der Waals surface area (Å²) in [6.07, 6.45) is -1.79. The average Bonchev–Trinajstić information content (AvgIpc) is 2.84. The van der Waals surface area contributed by atoms with Gasteiger partial charge in [0.25, 0.3) is 0 Å². The van der Waals surface area contributed by atoms with Crippen LogP contribution in [0.1, 0.15) is 45.8 Å². The molecule has 2 heterocycles. The summed E-state index contributed by atoms with van der Waals surface area (Å²) in [6, 6.07) is 1.21. The molecule has 0 spiro atoms. The van der Waals surface area contributed by atoms with E-state index in [4.69, 9.17) is 9.84 Å². The van der Waals surface area contributed by atoms with Gasteiger partial charge in [0.05, 0.1) is 6.61 Å². The second-order valence-corrected chi connectivity index (χ2v) is 6.59. The average molecular weight is 389 g/mol. The number of carbonyl (C=O) groups is 1. The van der Waals surface area contributed by atoms with E-state index in [9.17, 15) is 23.5 Å². The first-order chi connectivity index (χ1) is 12.8. The number of rotatable bonds is 8. The zero-order valence-corrected chi connectivity index (χ0v) is 15.3. The molecular weight excluding hydrogens is 364 g/mol. The van der Waals surface area contributed by atoms with Crippen LogP contribution in [0.25, 0.3) is 0 Å². The summed E-state index contributed by atoms with van der Waals surface area (Å²) in [4.78, 5) is 28.1. The number of hydrogen-bond acceptors (Lipinski definition) is 6. The molecule has 1 aliphatic heterocycles. The van der Waals surface area contributed by atoms with Crippen molar-refractivity contribution < 1.29 is 28.5 Å².